The first-order valence-corrected chi connectivity index (χ1v) is 6.08. The van der Waals surface area contributed by atoms with Gasteiger partial charge in [-0.25, -0.2) is 0 Å². The number of hydrogen-bond acceptors (Lipinski definition) is 4. The summed E-state index contributed by atoms with van der Waals surface area (Å²) in [7, 11) is 1.49. The zero-order valence-electron chi connectivity index (χ0n) is 11.1. The molecule has 0 aromatic heterocycles. The van der Waals surface area contributed by atoms with Crippen LogP contribution in [0.1, 0.15) is 30.1 Å². The smallest absolute Gasteiger partial charge is 0.306 e. The van der Waals surface area contributed by atoms with Crippen molar-refractivity contribution in [1.82, 2.24) is 0 Å². The van der Waals surface area contributed by atoms with E-state index in [-0.39, 0.29) is 5.92 Å². The number of methoxy groups -OCH3 is 1. The molecule has 0 amide bonds. The van der Waals surface area contributed by atoms with Crippen molar-refractivity contribution in [1.29, 1.82) is 0 Å². The first-order valence-electron chi connectivity index (χ1n) is 6.08. The molecule has 1 aromatic rings. The van der Waals surface area contributed by atoms with E-state index in [9.17, 15) is 9.59 Å². The highest BCUT2D eigenvalue weighted by molar-refractivity contribution is 5.83. The molecule has 104 valence electrons. The molecule has 5 heteroatoms. The fourth-order valence-corrected chi connectivity index (χ4v) is 1.64. The van der Waals surface area contributed by atoms with E-state index >= 15 is 0 Å². The highest BCUT2D eigenvalue weighted by Gasteiger charge is 2.11. The van der Waals surface area contributed by atoms with Gasteiger partial charge in [-0.1, -0.05) is 13.0 Å². The highest BCUT2D eigenvalue weighted by Crippen LogP contribution is 2.26. The Labute approximate surface area is 112 Å². The van der Waals surface area contributed by atoms with Gasteiger partial charge in [0, 0.05) is 0 Å². The van der Waals surface area contributed by atoms with Crippen molar-refractivity contribution < 1.29 is 24.2 Å². The van der Waals surface area contributed by atoms with Gasteiger partial charge in [-0.2, -0.15) is 0 Å². The number of hydrogen-bond donors (Lipinski definition) is 1. The first-order chi connectivity index (χ1) is 9.10. The topological polar surface area (TPSA) is 72.8 Å². The fraction of sp³-hybridized carbons (Fsp3) is 0.429. The maximum atomic E-state index is 11.0. The average Bonchev–Trinajstić information content (AvgIpc) is 2.42. The lowest BCUT2D eigenvalue weighted by atomic mass is 10.1. The molecule has 0 radical (unpaired) electrons. The third-order valence-corrected chi connectivity index (χ3v) is 2.82. The van der Waals surface area contributed by atoms with Gasteiger partial charge in [0.05, 0.1) is 25.2 Å². The van der Waals surface area contributed by atoms with Crippen LogP contribution in [-0.2, 0) is 4.79 Å². The van der Waals surface area contributed by atoms with Gasteiger partial charge in [0.25, 0.3) is 0 Å². The van der Waals surface area contributed by atoms with Crippen molar-refractivity contribution in [3.63, 3.8) is 0 Å². The van der Waals surface area contributed by atoms with Gasteiger partial charge in [-0.15, -0.1) is 0 Å². The van der Waals surface area contributed by atoms with Crippen LogP contribution in [0.25, 0.3) is 0 Å². The van der Waals surface area contributed by atoms with Crippen molar-refractivity contribution in [3.8, 4) is 11.5 Å². The zero-order chi connectivity index (χ0) is 14.3. The standard InChI is InChI=1S/C14H18O5/c1-10(14(16)17)5-4-8-19-13-7-3-6-12(18-2)11(13)9-15/h3,6-7,9-10H,4-5,8H2,1-2H3,(H,16,17). The number of carbonyl (C=O) groups excluding carboxylic acids is 1. The predicted octanol–water partition coefficient (Wildman–Crippen LogP) is 2.39. The number of rotatable bonds is 8. The summed E-state index contributed by atoms with van der Waals surface area (Å²) in [6.45, 7) is 2.02. The Hall–Kier alpha value is -2.04. The maximum absolute atomic E-state index is 11.0. The molecule has 0 aliphatic rings. The van der Waals surface area contributed by atoms with Crippen LogP contribution in [0.5, 0.6) is 11.5 Å². The third kappa shape index (κ3) is 4.28. The van der Waals surface area contributed by atoms with Gasteiger partial charge in [-0.05, 0) is 25.0 Å². The quantitative estimate of drug-likeness (QED) is 0.577. The van der Waals surface area contributed by atoms with Crippen LogP contribution in [-0.4, -0.2) is 31.1 Å². The Morgan fingerprint density at radius 2 is 2.11 bits per heavy atom. The van der Waals surface area contributed by atoms with Crippen molar-refractivity contribution in [2.24, 2.45) is 5.92 Å². The largest absolute Gasteiger partial charge is 0.496 e. The Morgan fingerprint density at radius 1 is 1.42 bits per heavy atom. The lowest BCUT2D eigenvalue weighted by Crippen LogP contribution is -2.11. The Bertz CT molecular complexity index is 441. The Kier molecular flexibility index (Phi) is 5.85. The molecule has 0 aliphatic carbocycles. The maximum Gasteiger partial charge on any atom is 0.306 e. The molecule has 0 saturated carbocycles. The number of aliphatic carboxylic acids is 1. The lowest BCUT2D eigenvalue weighted by Gasteiger charge is -2.11. The zero-order valence-corrected chi connectivity index (χ0v) is 11.1. The summed E-state index contributed by atoms with van der Waals surface area (Å²) in [6, 6.07) is 5.11. The van der Waals surface area contributed by atoms with Gasteiger partial charge in [0.1, 0.15) is 11.5 Å². The fourth-order valence-electron chi connectivity index (χ4n) is 1.64. The van der Waals surface area contributed by atoms with E-state index in [2.05, 4.69) is 0 Å². The van der Waals surface area contributed by atoms with Crippen LogP contribution in [0, 0.1) is 5.92 Å². The van der Waals surface area contributed by atoms with Crippen LogP contribution in [0.15, 0.2) is 18.2 Å². The van der Waals surface area contributed by atoms with Crippen molar-refractivity contribution in [2.75, 3.05) is 13.7 Å². The molecule has 0 spiro atoms. The number of aldehydes is 1. The van der Waals surface area contributed by atoms with Crippen LogP contribution < -0.4 is 9.47 Å². The predicted molar refractivity (Wildman–Crippen MR) is 69.9 cm³/mol. The summed E-state index contributed by atoms with van der Waals surface area (Å²) in [5.74, 6) is -0.279. The molecular weight excluding hydrogens is 248 g/mol. The second kappa shape index (κ2) is 7.41. The van der Waals surface area contributed by atoms with Crippen LogP contribution in [0.3, 0.4) is 0 Å². The van der Waals surface area contributed by atoms with Gasteiger partial charge >= 0.3 is 5.97 Å². The Morgan fingerprint density at radius 3 is 2.68 bits per heavy atom. The summed E-state index contributed by atoms with van der Waals surface area (Å²) in [4.78, 5) is 21.6. The molecular formula is C14H18O5. The summed E-state index contributed by atoms with van der Waals surface area (Å²) >= 11 is 0. The molecule has 19 heavy (non-hydrogen) atoms. The lowest BCUT2D eigenvalue weighted by molar-refractivity contribution is -0.141. The number of carbonyl (C=O) groups is 2. The molecule has 1 rings (SSSR count). The number of ether oxygens (including phenoxy) is 2. The van der Waals surface area contributed by atoms with E-state index in [1.165, 1.54) is 7.11 Å². The Balaban J connectivity index is 2.54. The first kappa shape index (κ1) is 15.0. The number of carboxylic acids is 1. The minimum atomic E-state index is -0.810. The van der Waals surface area contributed by atoms with E-state index in [1.54, 1.807) is 25.1 Å². The molecule has 0 saturated heterocycles. The van der Waals surface area contributed by atoms with Crippen molar-refractivity contribution in [3.05, 3.63) is 23.8 Å². The molecule has 1 N–H and O–H groups in total. The van der Waals surface area contributed by atoms with E-state index in [4.69, 9.17) is 14.6 Å². The van der Waals surface area contributed by atoms with E-state index in [0.29, 0.717) is 42.8 Å². The number of carboxylic acid groups (broad SMARTS) is 1. The third-order valence-electron chi connectivity index (χ3n) is 2.82. The summed E-state index contributed by atoms with van der Waals surface area (Å²) in [6.07, 6.45) is 1.84. The molecule has 1 aromatic carbocycles. The molecule has 1 unspecified atom stereocenters. The molecule has 0 heterocycles. The molecule has 0 bridgehead atoms. The SMILES string of the molecule is COc1cccc(OCCCC(C)C(=O)O)c1C=O. The van der Waals surface area contributed by atoms with E-state index in [0.717, 1.165) is 0 Å². The van der Waals surface area contributed by atoms with Crippen LogP contribution >= 0.6 is 0 Å². The van der Waals surface area contributed by atoms with Gasteiger partial charge in [0.2, 0.25) is 0 Å². The highest BCUT2D eigenvalue weighted by atomic mass is 16.5. The van der Waals surface area contributed by atoms with Gasteiger partial charge in [0.15, 0.2) is 6.29 Å². The molecule has 1 atom stereocenters. The summed E-state index contributed by atoms with van der Waals surface area (Å²) < 4.78 is 10.6. The summed E-state index contributed by atoms with van der Waals surface area (Å²) in [5, 5.41) is 8.75. The molecule has 0 fully saturated rings. The molecule has 0 aliphatic heterocycles. The van der Waals surface area contributed by atoms with Crippen LogP contribution in [0.2, 0.25) is 0 Å². The minimum absolute atomic E-state index is 0.367. The summed E-state index contributed by atoms with van der Waals surface area (Å²) in [5.41, 5.74) is 0.372. The average molecular weight is 266 g/mol. The van der Waals surface area contributed by atoms with Crippen LogP contribution in [0.4, 0.5) is 0 Å². The van der Waals surface area contributed by atoms with E-state index < -0.39 is 5.97 Å². The minimum Gasteiger partial charge on any atom is -0.496 e. The monoisotopic (exact) mass is 266 g/mol. The number of benzene rings is 1. The second-order valence-electron chi connectivity index (χ2n) is 4.22. The van der Waals surface area contributed by atoms with Gasteiger partial charge < -0.3 is 14.6 Å². The van der Waals surface area contributed by atoms with Crippen molar-refractivity contribution in [2.45, 2.75) is 19.8 Å². The molecule has 5 nitrogen and oxygen atoms in total. The van der Waals surface area contributed by atoms with Crippen molar-refractivity contribution >= 4 is 12.3 Å². The second-order valence-corrected chi connectivity index (χ2v) is 4.22. The van der Waals surface area contributed by atoms with E-state index in [1.807, 2.05) is 0 Å². The van der Waals surface area contributed by atoms with Gasteiger partial charge in [-0.3, -0.25) is 9.59 Å². The normalized spacial score (nSPS) is 11.7.